The molecule has 1 N–H and O–H groups in total. The van der Waals surface area contributed by atoms with Gasteiger partial charge in [-0.1, -0.05) is 48.9 Å². The standard InChI is InChI=1S/C23H30ClN3O4S/c1-4-21(23(29)25-2)26(17-18-9-6-5-7-10-18)22(28)11-8-16-27(32(3,30)31)20-14-12-19(24)13-15-20/h5-7,9-10,12-15,21H,4,8,11,16-17H2,1-3H3,(H,25,29)/t21-/m1/s1. The SMILES string of the molecule is CC[C@H](C(=O)NC)N(Cc1ccccc1)C(=O)CCCN(c1ccc(Cl)cc1)S(C)(=O)=O. The summed E-state index contributed by atoms with van der Waals surface area (Å²) in [5, 5.41) is 3.13. The molecule has 0 aliphatic rings. The fraction of sp³-hybridized carbons (Fsp3) is 0.391. The van der Waals surface area contributed by atoms with Crippen molar-refractivity contribution in [1.29, 1.82) is 0 Å². The molecule has 0 aliphatic heterocycles. The number of carbonyl (C=O) groups is 2. The highest BCUT2D eigenvalue weighted by Gasteiger charge is 2.28. The van der Waals surface area contributed by atoms with E-state index in [2.05, 4.69) is 5.32 Å². The summed E-state index contributed by atoms with van der Waals surface area (Å²) in [5.74, 6) is -0.426. The van der Waals surface area contributed by atoms with Crippen molar-refractivity contribution in [3.05, 3.63) is 65.2 Å². The van der Waals surface area contributed by atoms with Crippen molar-refractivity contribution in [2.75, 3.05) is 24.2 Å². The van der Waals surface area contributed by atoms with Crippen LogP contribution in [-0.2, 0) is 26.2 Å². The Morgan fingerprint density at radius 3 is 2.22 bits per heavy atom. The molecule has 2 amide bonds. The van der Waals surface area contributed by atoms with Crippen LogP contribution in [0, 0.1) is 0 Å². The van der Waals surface area contributed by atoms with E-state index in [9.17, 15) is 18.0 Å². The molecular formula is C23H30ClN3O4S. The number of nitrogens with one attached hydrogen (secondary N) is 1. The second-order valence-electron chi connectivity index (χ2n) is 7.46. The summed E-state index contributed by atoms with van der Waals surface area (Å²) in [4.78, 5) is 27.1. The molecular weight excluding hydrogens is 450 g/mol. The minimum atomic E-state index is -3.53. The van der Waals surface area contributed by atoms with E-state index < -0.39 is 16.1 Å². The molecule has 0 saturated carbocycles. The van der Waals surface area contributed by atoms with Gasteiger partial charge in [0.1, 0.15) is 6.04 Å². The average Bonchev–Trinajstić information content (AvgIpc) is 2.77. The summed E-state index contributed by atoms with van der Waals surface area (Å²) < 4.78 is 25.8. The molecule has 1 atom stereocenters. The van der Waals surface area contributed by atoms with Crippen molar-refractivity contribution in [3.63, 3.8) is 0 Å². The Kier molecular flexibility index (Phi) is 9.53. The maximum absolute atomic E-state index is 13.1. The highest BCUT2D eigenvalue weighted by Crippen LogP contribution is 2.21. The van der Waals surface area contributed by atoms with Gasteiger partial charge < -0.3 is 10.2 Å². The Bertz CT molecular complexity index is 998. The molecule has 0 aliphatic carbocycles. The number of sulfonamides is 1. The molecule has 2 rings (SSSR count). The summed E-state index contributed by atoms with van der Waals surface area (Å²) in [7, 11) is -1.99. The van der Waals surface area contributed by atoms with Crippen molar-refractivity contribution >= 4 is 39.1 Å². The van der Waals surface area contributed by atoms with E-state index >= 15 is 0 Å². The van der Waals surface area contributed by atoms with Crippen molar-refractivity contribution in [3.8, 4) is 0 Å². The highest BCUT2D eigenvalue weighted by molar-refractivity contribution is 7.92. The molecule has 0 fully saturated rings. The topological polar surface area (TPSA) is 86.8 Å². The average molecular weight is 480 g/mol. The number of carbonyl (C=O) groups excluding carboxylic acids is 2. The molecule has 2 aromatic rings. The second-order valence-corrected chi connectivity index (χ2v) is 9.80. The van der Waals surface area contributed by atoms with Gasteiger partial charge >= 0.3 is 0 Å². The summed E-state index contributed by atoms with van der Waals surface area (Å²) in [6.45, 7) is 2.30. The Balaban J connectivity index is 2.15. The Morgan fingerprint density at radius 1 is 1.06 bits per heavy atom. The van der Waals surface area contributed by atoms with Crippen molar-refractivity contribution in [2.24, 2.45) is 0 Å². The third kappa shape index (κ3) is 7.24. The van der Waals surface area contributed by atoms with Gasteiger partial charge in [0.2, 0.25) is 21.8 Å². The first kappa shape index (κ1) is 25.7. The number of rotatable bonds is 11. The lowest BCUT2D eigenvalue weighted by Crippen LogP contribution is -2.48. The van der Waals surface area contributed by atoms with Crippen LogP contribution in [0.4, 0.5) is 5.69 Å². The van der Waals surface area contributed by atoms with Gasteiger partial charge in [-0.2, -0.15) is 0 Å². The van der Waals surface area contributed by atoms with Crippen LogP contribution in [0.1, 0.15) is 31.7 Å². The van der Waals surface area contributed by atoms with E-state index in [1.165, 1.54) is 4.31 Å². The molecule has 0 saturated heterocycles. The Morgan fingerprint density at radius 2 is 1.69 bits per heavy atom. The van der Waals surface area contributed by atoms with Crippen LogP contribution in [0.5, 0.6) is 0 Å². The molecule has 9 heteroatoms. The van der Waals surface area contributed by atoms with Gasteiger partial charge in [0, 0.05) is 31.6 Å². The zero-order valence-corrected chi connectivity index (χ0v) is 20.2. The quantitative estimate of drug-likeness (QED) is 0.534. The summed E-state index contributed by atoms with van der Waals surface area (Å²) in [6.07, 6.45) is 2.02. The first-order chi connectivity index (χ1) is 15.2. The molecule has 0 spiro atoms. The summed E-state index contributed by atoms with van der Waals surface area (Å²) >= 11 is 5.91. The van der Waals surface area contributed by atoms with E-state index in [0.717, 1.165) is 11.8 Å². The number of nitrogens with zero attached hydrogens (tertiary/aromatic N) is 2. The number of benzene rings is 2. The molecule has 0 heterocycles. The monoisotopic (exact) mass is 479 g/mol. The van der Waals surface area contributed by atoms with E-state index in [1.807, 2.05) is 37.3 Å². The summed E-state index contributed by atoms with van der Waals surface area (Å²) in [5.41, 5.74) is 1.41. The Hall–Kier alpha value is -2.58. The number of likely N-dealkylation sites (N-methyl/N-ethyl adjacent to an activating group) is 1. The van der Waals surface area contributed by atoms with Crippen LogP contribution in [0.25, 0.3) is 0 Å². The smallest absolute Gasteiger partial charge is 0.242 e. The van der Waals surface area contributed by atoms with Crippen LogP contribution >= 0.6 is 11.6 Å². The third-order valence-corrected chi connectivity index (χ3v) is 6.54. The summed E-state index contributed by atoms with van der Waals surface area (Å²) in [6, 6.07) is 15.4. The van der Waals surface area contributed by atoms with Gasteiger partial charge in [-0.05, 0) is 42.7 Å². The second kappa shape index (κ2) is 11.9. The maximum atomic E-state index is 13.1. The minimum Gasteiger partial charge on any atom is -0.357 e. The van der Waals surface area contributed by atoms with Crippen molar-refractivity contribution < 1.29 is 18.0 Å². The molecule has 7 nitrogen and oxygen atoms in total. The number of hydrogen-bond donors (Lipinski definition) is 1. The lowest BCUT2D eigenvalue weighted by atomic mass is 10.1. The zero-order chi connectivity index (χ0) is 23.7. The first-order valence-electron chi connectivity index (χ1n) is 10.5. The molecule has 0 unspecified atom stereocenters. The van der Waals surface area contributed by atoms with Crippen molar-refractivity contribution in [2.45, 2.75) is 38.8 Å². The number of anilines is 1. The number of amides is 2. The number of hydrogen-bond acceptors (Lipinski definition) is 4. The maximum Gasteiger partial charge on any atom is 0.242 e. The van der Waals surface area contributed by atoms with Gasteiger partial charge in [0.05, 0.1) is 11.9 Å². The fourth-order valence-electron chi connectivity index (χ4n) is 3.48. The van der Waals surface area contributed by atoms with E-state index in [1.54, 1.807) is 36.2 Å². The highest BCUT2D eigenvalue weighted by atomic mass is 35.5. The predicted molar refractivity (Wildman–Crippen MR) is 128 cm³/mol. The molecule has 0 radical (unpaired) electrons. The fourth-order valence-corrected chi connectivity index (χ4v) is 4.57. The number of halogens is 1. The molecule has 0 bridgehead atoms. The van der Waals surface area contributed by atoms with Crippen LogP contribution in [0.2, 0.25) is 5.02 Å². The minimum absolute atomic E-state index is 0.111. The molecule has 0 aromatic heterocycles. The van der Waals surface area contributed by atoms with Crippen LogP contribution < -0.4 is 9.62 Å². The Labute approximate surface area is 195 Å². The van der Waals surface area contributed by atoms with Crippen LogP contribution in [0.3, 0.4) is 0 Å². The lowest BCUT2D eigenvalue weighted by molar-refractivity contribution is -0.141. The van der Waals surface area contributed by atoms with Gasteiger partial charge in [-0.15, -0.1) is 0 Å². The normalized spacial score (nSPS) is 12.1. The van der Waals surface area contributed by atoms with Gasteiger partial charge in [0.25, 0.3) is 0 Å². The van der Waals surface area contributed by atoms with Gasteiger partial charge in [-0.3, -0.25) is 13.9 Å². The van der Waals surface area contributed by atoms with Crippen LogP contribution in [0.15, 0.2) is 54.6 Å². The van der Waals surface area contributed by atoms with Crippen molar-refractivity contribution in [1.82, 2.24) is 10.2 Å². The molecule has 32 heavy (non-hydrogen) atoms. The van der Waals surface area contributed by atoms with E-state index in [4.69, 9.17) is 11.6 Å². The van der Waals surface area contributed by atoms with Gasteiger partial charge in [0.15, 0.2) is 0 Å². The van der Waals surface area contributed by atoms with E-state index in [0.29, 0.717) is 30.1 Å². The third-order valence-electron chi connectivity index (χ3n) is 5.09. The zero-order valence-electron chi connectivity index (χ0n) is 18.6. The molecule has 2 aromatic carbocycles. The molecule has 174 valence electrons. The predicted octanol–water partition coefficient (Wildman–Crippen LogP) is 3.44. The van der Waals surface area contributed by atoms with Crippen LogP contribution in [-0.4, -0.2) is 51.0 Å². The largest absolute Gasteiger partial charge is 0.357 e. The first-order valence-corrected chi connectivity index (χ1v) is 12.7. The lowest BCUT2D eigenvalue weighted by Gasteiger charge is -2.30. The van der Waals surface area contributed by atoms with Gasteiger partial charge in [-0.25, -0.2) is 8.42 Å². The van der Waals surface area contributed by atoms with E-state index in [-0.39, 0.29) is 24.8 Å².